The molecule has 0 spiro atoms. The van der Waals surface area contributed by atoms with E-state index in [2.05, 4.69) is 15.2 Å². The van der Waals surface area contributed by atoms with Crippen LogP contribution in [-0.4, -0.2) is 67.1 Å². The minimum absolute atomic E-state index is 0.257. The molecule has 2 aromatic rings. The molecule has 9 nitrogen and oxygen atoms in total. The molecule has 0 radical (unpaired) electrons. The van der Waals surface area contributed by atoms with Crippen LogP contribution in [0, 0.1) is 0 Å². The standard InChI is InChI=1S/C11H14N4O5/c1-19-10-7-5(2-13-14-10)15(4-12-7)11-9(18)8(17)6(3-16)20-11/h2,4,6,8-9,11,16-18H,3H2,1H3/t6-,8-,9-,11-/m1/s1. The smallest absolute Gasteiger partial charge is 0.261 e. The number of aromatic nitrogens is 4. The number of rotatable bonds is 3. The maximum atomic E-state index is 10.0. The zero-order valence-electron chi connectivity index (χ0n) is 10.6. The maximum Gasteiger partial charge on any atom is 0.261 e. The minimum Gasteiger partial charge on any atom is -0.478 e. The predicted molar refractivity (Wildman–Crippen MR) is 64.9 cm³/mol. The molecule has 20 heavy (non-hydrogen) atoms. The molecule has 2 aromatic heterocycles. The molecule has 3 rings (SSSR count). The molecule has 0 aliphatic carbocycles. The number of hydrogen-bond acceptors (Lipinski definition) is 8. The van der Waals surface area contributed by atoms with Crippen molar-refractivity contribution in [2.45, 2.75) is 24.5 Å². The van der Waals surface area contributed by atoms with E-state index < -0.39 is 24.5 Å². The first-order chi connectivity index (χ1) is 9.67. The first-order valence-electron chi connectivity index (χ1n) is 6.02. The highest BCUT2D eigenvalue weighted by atomic mass is 16.6. The first kappa shape index (κ1) is 13.2. The van der Waals surface area contributed by atoms with Crippen LogP contribution in [0.4, 0.5) is 0 Å². The van der Waals surface area contributed by atoms with Crippen LogP contribution >= 0.6 is 0 Å². The maximum absolute atomic E-state index is 10.0. The van der Waals surface area contributed by atoms with Crippen LogP contribution in [-0.2, 0) is 4.74 Å². The van der Waals surface area contributed by atoms with E-state index in [1.807, 2.05) is 0 Å². The van der Waals surface area contributed by atoms with Crippen molar-refractivity contribution in [3.8, 4) is 5.88 Å². The molecule has 9 heteroatoms. The van der Waals surface area contributed by atoms with Crippen molar-refractivity contribution in [2.24, 2.45) is 0 Å². The largest absolute Gasteiger partial charge is 0.478 e. The number of nitrogens with zero attached hydrogens (tertiary/aromatic N) is 4. The van der Waals surface area contributed by atoms with Gasteiger partial charge in [-0.1, -0.05) is 0 Å². The van der Waals surface area contributed by atoms with E-state index in [0.717, 1.165) is 0 Å². The van der Waals surface area contributed by atoms with Gasteiger partial charge in [0.25, 0.3) is 5.88 Å². The molecular weight excluding hydrogens is 268 g/mol. The van der Waals surface area contributed by atoms with Gasteiger partial charge in [0.15, 0.2) is 11.7 Å². The third kappa shape index (κ3) is 1.83. The second kappa shape index (κ2) is 4.94. The second-order valence-corrected chi connectivity index (χ2v) is 4.47. The van der Waals surface area contributed by atoms with Gasteiger partial charge in [-0.3, -0.25) is 4.57 Å². The van der Waals surface area contributed by atoms with Crippen LogP contribution in [0.5, 0.6) is 5.88 Å². The van der Waals surface area contributed by atoms with Gasteiger partial charge >= 0.3 is 0 Å². The van der Waals surface area contributed by atoms with Crippen molar-refractivity contribution in [3.63, 3.8) is 0 Å². The first-order valence-corrected chi connectivity index (χ1v) is 6.02. The fourth-order valence-electron chi connectivity index (χ4n) is 2.30. The summed E-state index contributed by atoms with van der Waals surface area (Å²) >= 11 is 0. The Bertz CT molecular complexity index is 618. The van der Waals surface area contributed by atoms with Gasteiger partial charge in [-0.25, -0.2) is 4.98 Å². The fraction of sp³-hybridized carbons (Fsp3) is 0.545. The zero-order chi connectivity index (χ0) is 14.3. The number of aliphatic hydroxyl groups excluding tert-OH is 3. The SMILES string of the molecule is COc1nncc2c1ncn2[C@@H]1O[C@H](CO)[C@@H](O)[C@H]1O. The summed E-state index contributed by atoms with van der Waals surface area (Å²) < 4.78 is 12.0. The average molecular weight is 282 g/mol. The Hall–Kier alpha value is -1.81. The van der Waals surface area contributed by atoms with Gasteiger partial charge < -0.3 is 24.8 Å². The van der Waals surface area contributed by atoms with Gasteiger partial charge in [0.05, 0.1) is 31.8 Å². The Morgan fingerprint density at radius 2 is 2.20 bits per heavy atom. The predicted octanol–water partition coefficient (Wildman–Crippen LogP) is -1.55. The van der Waals surface area contributed by atoms with Crippen molar-refractivity contribution in [2.75, 3.05) is 13.7 Å². The van der Waals surface area contributed by atoms with Crippen LogP contribution in [0.15, 0.2) is 12.5 Å². The van der Waals surface area contributed by atoms with Crippen LogP contribution in [0.3, 0.4) is 0 Å². The number of ether oxygens (including phenoxy) is 2. The lowest BCUT2D eigenvalue weighted by atomic mass is 10.1. The highest BCUT2D eigenvalue weighted by Gasteiger charge is 2.43. The minimum atomic E-state index is -1.18. The molecule has 3 N–H and O–H groups in total. The second-order valence-electron chi connectivity index (χ2n) is 4.47. The molecular formula is C11H14N4O5. The number of imidazole rings is 1. The van der Waals surface area contributed by atoms with E-state index in [-0.39, 0.29) is 12.5 Å². The van der Waals surface area contributed by atoms with Crippen LogP contribution < -0.4 is 4.74 Å². The van der Waals surface area contributed by atoms with Gasteiger partial charge in [0.1, 0.15) is 18.3 Å². The Kier molecular flexibility index (Phi) is 3.26. The van der Waals surface area contributed by atoms with E-state index >= 15 is 0 Å². The van der Waals surface area contributed by atoms with E-state index in [4.69, 9.17) is 14.6 Å². The third-order valence-corrected chi connectivity index (χ3v) is 3.35. The van der Waals surface area contributed by atoms with Crippen molar-refractivity contribution >= 4 is 11.0 Å². The van der Waals surface area contributed by atoms with Crippen LogP contribution in [0.25, 0.3) is 11.0 Å². The van der Waals surface area contributed by atoms with Crippen molar-refractivity contribution in [1.29, 1.82) is 0 Å². The van der Waals surface area contributed by atoms with Crippen molar-refractivity contribution < 1.29 is 24.8 Å². The number of hydrogen-bond donors (Lipinski definition) is 3. The van der Waals surface area contributed by atoms with Crippen molar-refractivity contribution in [3.05, 3.63) is 12.5 Å². The lowest BCUT2D eigenvalue weighted by molar-refractivity contribution is -0.0509. The molecule has 0 amide bonds. The quantitative estimate of drug-likeness (QED) is 0.618. The number of fused-ring (bicyclic) bond motifs is 1. The molecule has 0 saturated carbocycles. The van der Waals surface area contributed by atoms with Crippen LogP contribution in [0.2, 0.25) is 0 Å². The van der Waals surface area contributed by atoms with Gasteiger partial charge in [0, 0.05) is 0 Å². The summed E-state index contributed by atoms with van der Waals surface area (Å²) in [5.41, 5.74) is 1.02. The Labute approximate surface area is 113 Å². The molecule has 1 saturated heterocycles. The average Bonchev–Trinajstić information content (AvgIpc) is 3.01. The summed E-state index contributed by atoms with van der Waals surface area (Å²) in [5.74, 6) is 0.257. The van der Waals surface area contributed by atoms with E-state index in [0.29, 0.717) is 11.0 Å². The monoisotopic (exact) mass is 282 g/mol. The molecule has 1 aliphatic heterocycles. The zero-order valence-corrected chi connectivity index (χ0v) is 10.6. The lowest BCUT2D eigenvalue weighted by Gasteiger charge is -2.16. The summed E-state index contributed by atoms with van der Waals surface area (Å²) in [4.78, 5) is 4.14. The van der Waals surface area contributed by atoms with Gasteiger partial charge in [0.2, 0.25) is 0 Å². The van der Waals surface area contributed by atoms with Crippen molar-refractivity contribution in [1.82, 2.24) is 19.7 Å². The normalized spacial score (nSPS) is 30.0. The summed E-state index contributed by atoms with van der Waals surface area (Å²) in [7, 11) is 1.45. The number of methoxy groups -OCH3 is 1. The van der Waals surface area contributed by atoms with Gasteiger partial charge in [-0.15, -0.1) is 5.10 Å². The van der Waals surface area contributed by atoms with Crippen LogP contribution in [0.1, 0.15) is 6.23 Å². The molecule has 0 bridgehead atoms. The molecule has 0 aromatic carbocycles. The topological polar surface area (TPSA) is 123 Å². The van der Waals surface area contributed by atoms with E-state index in [1.54, 1.807) is 0 Å². The highest BCUT2D eigenvalue weighted by molar-refractivity contribution is 5.79. The van der Waals surface area contributed by atoms with Gasteiger partial charge in [-0.2, -0.15) is 5.10 Å². The van der Waals surface area contributed by atoms with E-state index in [1.165, 1.54) is 24.2 Å². The highest BCUT2D eigenvalue weighted by Crippen LogP contribution is 2.32. The van der Waals surface area contributed by atoms with Gasteiger partial charge in [-0.05, 0) is 0 Å². The van der Waals surface area contributed by atoms with E-state index in [9.17, 15) is 10.2 Å². The lowest BCUT2D eigenvalue weighted by Crippen LogP contribution is -2.33. The molecule has 3 heterocycles. The Balaban J connectivity index is 2.03. The summed E-state index contributed by atoms with van der Waals surface area (Å²) in [5, 5.41) is 36.5. The summed E-state index contributed by atoms with van der Waals surface area (Å²) in [6.07, 6.45) is -1.15. The molecule has 0 unspecified atom stereocenters. The summed E-state index contributed by atoms with van der Waals surface area (Å²) in [6, 6.07) is 0. The third-order valence-electron chi connectivity index (χ3n) is 3.35. The fourth-order valence-corrected chi connectivity index (χ4v) is 2.30. The molecule has 4 atom stereocenters. The molecule has 108 valence electrons. The molecule has 1 fully saturated rings. The summed E-state index contributed by atoms with van der Waals surface area (Å²) in [6.45, 7) is -0.384. The molecule has 1 aliphatic rings. The number of aliphatic hydroxyl groups is 3. The Morgan fingerprint density at radius 3 is 2.85 bits per heavy atom. The Morgan fingerprint density at radius 1 is 1.40 bits per heavy atom.